The van der Waals surface area contributed by atoms with Crippen molar-refractivity contribution >= 4 is 50.5 Å². The second-order valence-electron chi connectivity index (χ2n) is 9.24. The minimum absolute atomic E-state index is 0.115. The van der Waals surface area contributed by atoms with Gasteiger partial charge in [-0.1, -0.05) is 55.8 Å². The number of rotatable bonds is 3. The van der Waals surface area contributed by atoms with Crippen molar-refractivity contribution in [3.8, 4) is 11.1 Å². The number of nitrogens with one attached hydrogen (secondary N) is 1. The molecule has 0 bridgehead atoms. The summed E-state index contributed by atoms with van der Waals surface area (Å²) in [6.07, 6.45) is 5.23. The molecule has 2 amide bonds. The lowest BCUT2D eigenvalue weighted by molar-refractivity contribution is -0.115. The average molecular weight is 496 g/mol. The number of carbonyl (C=O) groups excluding carboxylic acids is 2. The number of carbonyl (C=O) groups is 2. The number of hydrogen-bond acceptors (Lipinski definition) is 3. The van der Waals surface area contributed by atoms with Gasteiger partial charge in [-0.25, -0.2) is 0 Å². The Morgan fingerprint density at radius 3 is 2.48 bits per heavy atom. The summed E-state index contributed by atoms with van der Waals surface area (Å²) in [5.74, 6) is 0.124. The van der Waals surface area contributed by atoms with Crippen LogP contribution in [0.3, 0.4) is 0 Å². The Kier molecular flexibility index (Phi) is 5.78. The number of aryl methyl sites for hydroxylation is 1. The number of hydrogen-bond donors (Lipinski definition) is 1. The molecule has 0 aromatic heterocycles. The number of thioether (sulfide) groups is 1. The molecule has 1 fully saturated rings. The van der Waals surface area contributed by atoms with Crippen LogP contribution in [0, 0.1) is 12.8 Å². The molecule has 0 radical (unpaired) electrons. The minimum atomic E-state index is -0.338. The molecule has 1 aliphatic heterocycles. The molecule has 3 nitrogen and oxygen atoms in total. The third kappa shape index (κ3) is 4.31. The highest BCUT2D eigenvalue weighted by atomic mass is 79.9. The molecule has 5 heteroatoms. The van der Waals surface area contributed by atoms with E-state index in [1.54, 1.807) is 6.08 Å². The van der Waals surface area contributed by atoms with Gasteiger partial charge in [-0.05, 0) is 106 Å². The van der Waals surface area contributed by atoms with E-state index in [9.17, 15) is 9.59 Å². The first-order valence-electron chi connectivity index (χ1n) is 10.5. The second-order valence-corrected chi connectivity index (χ2v) is 11.2. The molecule has 1 heterocycles. The van der Waals surface area contributed by atoms with Crippen LogP contribution in [-0.2, 0) is 10.2 Å². The third-order valence-electron chi connectivity index (χ3n) is 6.03. The maximum atomic E-state index is 12.0. The normalized spacial score (nSPS) is 18.9. The number of fused-ring (bicyclic) bond motifs is 1. The fraction of sp³-hybridized carbons (Fsp3) is 0.308. The molecule has 2 aromatic rings. The Bertz CT molecular complexity index is 1170. The van der Waals surface area contributed by atoms with Gasteiger partial charge in [0.15, 0.2) is 0 Å². The highest BCUT2D eigenvalue weighted by molar-refractivity contribution is 9.10. The lowest BCUT2D eigenvalue weighted by Crippen LogP contribution is -2.23. The van der Waals surface area contributed by atoms with Gasteiger partial charge in [0.25, 0.3) is 11.1 Å². The van der Waals surface area contributed by atoms with Crippen LogP contribution < -0.4 is 5.32 Å². The summed E-state index contributed by atoms with van der Waals surface area (Å²) in [6.45, 7) is 11.3. The predicted molar refractivity (Wildman–Crippen MR) is 134 cm³/mol. The van der Waals surface area contributed by atoms with Gasteiger partial charge in [0.05, 0.1) is 4.91 Å². The maximum Gasteiger partial charge on any atom is 0.290 e. The molecule has 1 N–H and O–H groups in total. The van der Waals surface area contributed by atoms with Gasteiger partial charge in [-0.3, -0.25) is 14.9 Å². The van der Waals surface area contributed by atoms with Gasteiger partial charge < -0.3 is 0 Å². The van der Waals surface area contributed by atoms with Gasteiger partial charge >= 0.3 is 0 Å². The Hall–Kier alpha value is -2.11. The fourth-order valence-electron chi connectivity index (χ4n) is 4.37. The number of imide groups is 1. The van der Waals surface area contributed by atoms with Crippen molar-refractivity contribution in [1.29, 1.82) is 0 Å². The van der Waals surface area contributed by atoms with E-state index in [2.05, 4.69) is 86.2 Å². The SMILES string of the molecule is Cc1cc2c(cc1-c1cc(Br)cc(/C=C3\SC(=O)NC3=O)c1)C(C(C)C)=CCC2(C)C. The van der Waals surface area contributed by atoms with Crippen LogP contribution in [0.1, 0.15) is 56.4 Å². The van der Waals surface area contributed by atoms with Crippen LogP contribution in [-0.4, -0.2) is 11.1 Å². The van der Waals surface area contributed by atoms with Gasteiger partial charge in [0.2, 0.25) is 0 Å². The van der Waals surface area contributed by atoms with E-state index in [0.29, 0.717) is 10.8 Å². The molecule has 2 aromatic carbocycles. The molecule has 31 heavy (non-hydrogen) atoms. The molecule has 0 atom stereocenters. The van der Waals surface area contributed by atoms with Crippen molar-refractivity contribution in [2.45, 2.75) is 46.5 Å². The monoisotopic (exact) mass is 495 g/mol. The second kappa shape index (κ2) is 8.10. The van der Waals surface area contributed by atoms with Gasteiger partial charge in [-0.2, -0.15) is 0 Å². The fourth-order valence-corrected chi connectivity index (χ4v) is 5.57. The van der Waals surface area contributed by atoms with E-state index in [0.717, 1.165) is 33.8 Å². The molecule has 2 aliphatic rings. The zero-order valence-electron chi connectivity index (χ0n) is 18.4. The van der Waals surface area contributed by atoms with Gasteiger partial charge in [0, 0.05) is 4.47 Å². The Morgan fingerprint density at radius 2 is 1.84 bits per heavy atom. The molecule has 1 aliphatic carbocycles. The Balaban J connectivity index is 1.84. The largest absolute Gasteiger partial charge is 0.290 e. The van der Waals surface area contributed by atoms with E-state index in [-0.39, 0.29) is 16.6 Å². The number of amides is 2. The molecule has 0 spiro atoms. The van der Waals surface area contributed by atoms with Crippen LogP contribution in [0.15, 0.2) is 45.8 Å². The van der Waals surface area contributed by atoms with Gasteiger partial charge in [-0.15, -0.1) is 0 Å². The maximum absolute atomic E-state index is 12.0. The Morgan fingerprint density at radius 1 is 1.10 bits per heavy atom. The molecule has 0 saturated carbocycles. The lowest BCUT2D eigenvalue weighted by atomic mass is 9.70. The van der Waals surface area contributed by atoms with Crippen LogP contribution in [0.25, 0.3) is 22.8 Å². The van der Waals surface area contributed by atoms with Crippen molar-refractivity contribution in [2.24, 2.45) is 5.92 Å². The zero-order chi connectivity index (χ0) is 22.5. The summed E-state index contributed by atoms with van der Waals surface area (Å²) in [6, 6.07) is 10.8. The van der Waals surface area contributed by atoms with Gasteiger partial charge in [0.1, 0.15) is 0 Å². The van der Waals surface area contributed by atoms with E-state index in [1.165, 1.54) is 27.8 Å². The van der Waals surface area contributed by atoms with Crippen molar-refractivity contribution in [3.63, 3.8) is 0 Å². The van der Waals surface area contributed by atoms with Crippen molar-refractivity contribution < 1.29 is 9.59 Å². The van der Waals surface area contributed by atoms with Crippen LogP contribution >= 0.6 is 27.7 Å². The highest BCUT2D eigenvalue weighted by Gasteiger charge is 2.30. The quantitative estimate of drug-likeness (QED) is 0.449. The third-order valence-corrected chi connectivity index (χ3v) is 7.30. The van der Waals surface area contributed by atoms with Crippen LogP contribution in [0.5, 0.6) is 0 Å². The van der Waals surface area contributed by atoms with Crippen molar-refractivity contribution in [1.82, 2.24) is 5.32 Å². The predicted octanol–water partition coefficient (Wildman–Crippen LogP) is 7.47. The first kappa shape index (κ1) is 22.1. The molecular weight excluding hydrogens is 470 g/mol. The first-order chi connectivity index (χ1) is 14.5. The summed E-state index contributed by atoms with van der Waals surface area (Å²) in [4.78, 5) is 23.9. The highest BCUT2D eigenvalue weighted by Crippen LogP contribution is 2.44. The number of benzene rings is 2. The average Bonchev–Trinajstić information content (AvgIpc) is 2.98. The van der Waals surface area contributed by atoms with Crippen molar-refractivity contribution in [3.05, 3.63) is 68.0 Å². The van der Waals surface area contributed by atoms with E-state index in [4.69, 9.17) is 0 Å². The first-order valence-corrected chi connectivity index (χ1v) is 12.1. The van der Waals surface area contributed by atoms with E-state index < -0.39 is 0 Å². The topological polar surface area (TPSA) is 46.2 Å². The van der Waals surface area contributed by atoms with Crippen LogP contribution in [0.2, 0.25) is 0 Å². The molecule has 0 unspecified atom stereocenters. The van der Waals surface area contributed by atoms with E-state index >= 15 is 0 Å². The standard InChI is InChI=1S/C26H26BrNO2S/c1-14(2)19-6-7-26(4,5)22-8-15(3)20(13-21(19)22)17-9-16(10-18(27)12-17)11-23-24(29)28-25(30)31-23/h6,8-14H,7H2,1-5H3,(H,28,29,30)/b23-11-. The summed E-state index contributed by atoms with van der Waals surface area (Å²) < 4.78 is 0.934. The summed E-state index contributed by atoms with van der Waals surface area (Å²) >= 11 is 4.56. The lowest BCUT2D eigenvalue weighted by Gasteiger charge is -2.34. The van der Waals surface area contributed by atoms with E-state index in [1.807, 2.05) is 6.07 Å². The van der Waals surface area contributed by atoms with Crippen molar-refractivity contribution in [2.75, 3.05) is 0 Å². The van der Waals surface area contributed by atoms with Crippen LogP contribution in [0.4, 0.5) is 4.79 Å². The zero-order valence-corrected chi connectivity index (χ0v) is 20.8. The Labute approximate surface area is 196 Å². The summed E-state index contributed by atoms with van der Waals surface area (Å²) in [7, 11) is 0. The molecular formula is C26H26BrNO2S. The molecule has 160 valence electrons. The smallest absolute Gasteiger partial charge is 0.282 e. The minimum Gasteiger partial charge on any atom is -0.282 e. The number of allylic oxidation sites excluding steroid dienone is 2. The molecule has 4 rings (SSSR count). The summed E-state index contributed by atoms with van der Waals surface area (Å²) in [5.41, 5.74) is 8.66. The summed E-state index contributed by atoms with van der Waals surface area (Å²) in [5, 5.41) is 1.99. The number of halogens is 1. The molecule has 1 saturated heterocycles.